The minimum atomic E-state index is 0.472. The highest BCUT2D eigenvalue weighted by molar-refractivity contribution is 4.72. The summed E-state index contributed by atoms with van der Waals surface area (Å²) in [6.45, 7) is 3.07. The molecule has 1 heterocycles. The summed E-state index contributed by atoms with van der Waals surface area (Å²) in [6.07, 6.45) is 6.03. The summed E-state index contributed by atoms with van der Waals surface area (Å²) in [7, 11) is 0. The molecule has 1 aliphatic rings. The van der Waals surface area contributed by atoms with Crippen molar-refractivity contribution >= 4 is 0 Å². The summed E-state index contributed by atoms with van der Waals surface area (Å²) < 4.78 is 0. The maximum absolute atomic E-state index is 9.25. The molecule has 0 bridgehead atoms. The van der Waals surface area contributed by atoms with Gasteiger partial charge in [0.05, 0.1) is 0 Å². The Bertz CT molecular complexity index is 95.3. The first-order valence-electron chi connectivity index (χ1n) is 4.30. The van der Waals surface area contributed by atoms with Gasteiger partial charge in [0.2, 0.25) is 0 Å². The summed E-state index contributed by atoms with van der Waals surface area (Å²) in [6, 6.07) is 0.472. The smallest absolute Gasteiger partial charge is 0.0350 e. The molecule has 0 saturated carbocycles. The largest absolute Gasteiger partial charge is 0.314 e. The van der Waals surface area contributed by atoms with Gasteiger partial charge in [-0.1, -0.05) is 19.8 Å². The Morgan fingerprint density at radius 3 is 2.90 bits per heavy atom. The van der Waals surface area contributed by atoms with E-state index < -0.39 is 0 Å². The second-order valence-corrected chi connectivity index (χ2v) is 3.10. The molecule has 0 spiro atoms. The third-order valence-electron chi connectivity index (χ3n) is 2.24. The molecule has 1 N–H and O–H groups in total. The summed E-state index contributed by atoms with van der Waals surface area (Å²) in [5, 5.41) is 10.8. The molecule has 0 amide bonds. The highest BCUT2D eigenvalue weighted by Gasteiger charge is 2.21. The van der Waals surface area contributed by atoms with Crippen molar-refractivity contribution in [2.24, 2.45) is 0 Å². The van der Waals surface area contributed by atoms with Gasteiger partial charge in [-0.05, 0) is 19.3 Å². The van der Waals surface area contributed by atoms with E-state index in [1.54, 1.807) is 0 Å². The van der Waals surface area contributed by atoms with Gasteiger partial charge in [-0.25, -0.2) is 0 Å². The van der Waals surface area contributed by atoms with E-state index in [1.165, 1.54) is 37.2 Å². The normalized spacial score (nSPS) is 27.6. The van der Waals surface area contributed by atoms with Crippen molar-refractivity contribution in [2.45, 2.75) is 45.1 Å². The maximum atomic E-state index is 9.25. The van der Waals surface area contributed by atoms with Crippen molar-refractivity contribution in [1.29, 1.82) is 0 Å². The van der Waals surface area contributed by atoms with Gasteiger partial charge in [0.1, 0.15) is 0 Å². The van der Waals surface area contributed by atoms with Crippen molar-refractivity contribution < 1.29 is 5.21 Å². The average Bonchev–Trinajstić information content (AvgIpc) is 2.31. The molecule has 1 aliphatic heterocycles. The zero-order valence-electron chi connectivity index (χ0n) is 6.71. The first-order valence-corrected chi connectivity index (χ1v) is 4.30. The van der Waals surface area contributed by atoms with Gasteiger partial charge in [0.15, 0.2) is 0 Å². The van der Waals surface area contributed by atoms with Gasteiger partial charge in [-0.15, -0.1) is 0 Å². The number of rotatable bonds is 3. The molecular formula is C8H17NO. The molecule has 1 unspecified atom stereocenters. The lowest BCUT2D eigenvalue weighted by Crippen LogP contribution is -2.25. The first-order chi connectivity index (χ1) is 4.84. The molecule has 1 saturated heterocycles. The van der Waals surface area contributed by atoms with E-state index in [4.69, 9.17) is 0 Å². The topological polar surface area (TPSA) is 23.5 Å². The van der Waals surface area contributed by atoms with E-state index in [-0.39, 0.29) is 0 Å². The van der Waals surface area contributed by atoms with E-state index in [9.17, 15) is 5.21 Å². The van der Waals surface area contributed by atoms with Crippen LogP contribution >= 0.6 is 0 Å². The first kappa shape index (κ1) is 8.02. The van der Waals surface area contributed by atoms with Crippen LogP contribution in [0, 0.1) is 0 Å². The number of hydrogen-bond donors (Lipinski definition) is 1. The van der Waals surface area contributed by atoms with Gasteiger partial charge in [-0.2, -0.15) is 5.06 Å². The summed E-state index contributed by atoms with van der Waals surface area (Å²) in [5.41, 5.74) is 0. The van der Waals surface area contributed by atoms with Crippen molar-refractivity contribution in [3.63, 3.8) is 0 Å². The standard InChI is InChI=1S/C8H17NO/c1-2-3-5-8-6-4-7-9(8)10/h8,10H,2-7H2,1H3. The van der Waals surface area contributed by atoms with Crippen molar-refractivity contribution in [2.75, 3.05) is 6.54 Å². The Morgan fingerprint density at radius 2 is 2.40 bits per heavy atom. The van der Waals surface area contributed by atoms with E-state index in [2.05, 4.69) is 6.92 Å². The van der Waals surface area contributed by atoms with Crippen LogP contribution in [-0.2, 0) is 0 Å². The molecule has 0 aliphatic carbocycles. The highest BCUT2D eigenvalue weighted by Crippen LogP contribution is 2.19. The van der Waals surface area contributed by atoms with E-state index in [0.717, 1.165) is 6.54 Å². The average molecular weight is 143 g/mol. The van der Waals surface area contributed by atoms with E-state index in [0.29, 0.717) is 6.04 Å². The molecule has 2 heteroatoms. The van der Waals surface area contributed by atoms with Crippen molar-refractivity contribution in [3.8, 4) is 0 Å². The minimum absolute atomic E-state index is 0.472. The quantitative estimate of drug-likeness (QED) is 0.653. The summed E-state index contributed by atoms with van der Waals surface area (Å²) in [4.78, 5) is 0. The monoisotopic (exact) mass is 143 g/mol. The van der Waals surface area contributed by atoms with Crippen LogP contribution in [0.25, 0.3) is 0 Å². The van der Waals surface area contributed by atoms with Crippen LogP contribution in [0.2, 0.25) is 0 Å². The van der Waals surface area contributed by atoms with E-state index in [1.807, 2.05) is 0 Å². The molecule has 2 nitrogen and oxygen atoms in total. The third kappa shape index (κ3) is 1.96. The van der Waals surface area contributed by atoms with Crippen molar-refractivity contribution in [1.82, 2.24) is 5.06 Å². The number of hydroxylamine groups is 2. The van der Waals surface area contributed by atoms with Crippen LogP contribution in [0.4, 0.5) is 0 Å². The Labute approximate surface area is 62.8 Å². The number of unbranched alkanes of at least 4 members (excludes halogenated alkanes) is 1. The second kappa shape index (κ2) is 3.94. The molecule has 1 atom stereocenters. The predicted molar refractivity (Wildman–Crippen MR) is 41.0 cm³/mol. The molecule has 0 radical (unpaired) electrons. The second-order valence-electron chi connectivity index (χ2n) is 3.10. The fourth-order valence-corrected chi connectivity index (χ4v) is 1.55. The fourth-order valence-electron chi connectivity index (χ4n) is 1.55. The van der Waals surface area contributed by atoms with Crippen LogP contribution in [0.1, 0.15) is 39.0 Å². The minimum Gasteiger partial charge on any atom is -0.314 e. The molecular weight excluding hydrogens is 126 g/mol. The van der Waals surface area contributed by atoms with Crippen LogP contribution in [0.3, 0.4) is 0 Å². The molecule has 1 fully saturated rings. The third-order valence-corrected chi connectivity index (χ3v) is 2.24. The predicted octanol–water partition coefficient (Wildman–Crippen LogP) is 2.03. The zero-order valence-corrected chi connectivity index (χ0v) is 6.71. The Kier molecular flexibility index (Phi) is 3.16. The van der Waals surface area contributed by atoms with Gasteiger partial charge >= 0.3 is 0 Å². The van der Waals surface area contributed by atoms with Crippen LogP contribution in [0.15, 0.2) is 0 Å². The molecule has 60 valence electrons. The Hall–Kier alpha value is -0.0800. The number of nitrogens with zero attached hydrogens (tertiary/aromatic N) is 1. The molecule has 0 aromatic heterocycles. The van der Waals surface area contributed by atoms with Gasteiger partial charge in [-0.3, -0.25) is 0 Å². The van der Waals surface area contributed by atoms with Crippen molar-refractivity contribution in [3.05, 3.63) is 0 Å². The molecule has 1 rings (SSSR count). The molecule has 0 aromatic rings. The van der Waals surface area contributed by atoms with Crippen LogP contribution in [-0.4, -0.2) is 22.9 Å². The lowest BCUT2D eigenvalue weighted by atomic mass is 10.1. The maximum Gasteiger partial charge on any atom is 0.0350 e. The number of hydrogen-bond acceptors (Lipinski definition) is 2. The summed E-state index contributed by atoms with van der Waals surface area (Å²) >= 11 is 0. The highest BCUT2D eigenvalue weighted by atomic mass is 16.5. The summed E-state index contributed by atoms with van der Waals surface area (Å²) in [5.74, 6) is 0. The van der Waals surface area contributed by atoms with Gasteiger partial charge in [0.25, 0.3) is 0 Å². The Balaban J connectivity index is 2.14. The Morgan fingerprint density at radius 1 is 1.60 bits per heavy atom. The van der Waals surface area contributed by atoms with Gasteiger partial charge < -0.3 is 5.21 Å². The lowest BCUT2D eigenvalue weighted by Gasteiger charge is -2.16. The van der Waals surface area contributed by atoms with E-state index >= 15 is 0 Å². The van der Waals surface area contributed by atoms with Crippen LogP contribution in [0.5, 0.6) is 0 Å². The fraction of sp³-hybridized carbons (Fsp3) is 1.00. The van der Waals surface area contributed by atoms with Gasteiger partial charge in [0, 0.05) is 12.6 Å². The lowest BCUT2D eigenvalue weighted by molar-refractivity contribution is -0.104. The molecule has 10 heavy (non-hydrogen) atoms. The SMILES string of the molecule is CCCCC1CCCN1O. The molecule has 0 aromatic carbocycles. The zero-order chi connectivity index (χ0) is 7.40. The van der Waals surface area contributed by atoms with Crippen LogP contribution < -0.4 is 0 Å².